The van der Waals surface area contributed by atoms with Crippen LogP contribution in [0.25, 0.3) is 0 Å². The molecule has 2 nitrogen and oxygen atoms in total. The van der Waals surface area contributed by atoms with Crippen molar-refractivity contribution in [3.05, 3.63) is 30.3 Å². The third-order valence-electron chi connectivity index (χ3n) is 2.61. The second kappa shape index (κ2) is 5.01. The minimum absolute atomic E-state index is 0.545. The molecule has 1 aromatic carbocycles. The molecule has 1 saturated heterocycles. The Bertz CT molecular complexity index is 254. The van der Waals surface area contributed by atoms with Gasteiger partial charge in [-0.25, -0.2) is 0 Å². The van der Waals surface area contributed by atoms with Crippen LogP contribution < -0.4 is 10.1 Å². The number of ether oxygens (including phenoxy) is 1. The molecule has 1 aliphatic heterocycles. The van der Waals surface area contributed by atoms with Crippen molar-refractivity contribution in [1.29, 1.82) is 0 Å². The highest BCUT2D eigenvalue weighted by molar-refractivity contribution is 5.20. The summed E-state index contributed by atoms with van der Waals surface area (Å²) in [6.45, 7) is 1.94. The first-order valence-electron chi connectivity index (χ1n) is 5.36. The number of rotatable bonds is 3. The Morgan fingerprint density at radius 2 is 2.07 bits per heavy atom. The average molecular weight is 191 g/mol. The Morgan fingerprint density at radius 1 is 1.21 bits per heavy atom. The summed E-state index contributed by atoms with van der Waals surface area (Å²) in [6, 6.07) is 10.6. The summed E-state index contributed by atoms with van der Waals surface area (Å²) < 4.78 is 5.68. The lowest BCUT2D eigenvalue weighted by Gasteiger charge is -2.23. The standard InChI is InChI=1S/C12H17NO/c1-2-7-12(8-3-1)14-10-11-6-4-5-9-13-11/h1-3,7-8,11,13H,4-6,9-10H2/t11-/m0/s1. The van der Waals surface area contributed by atoms with Gasteiger partial charge in [-0.2, -0.15) is 0 Å². The van der Waals surface area contributed by atoms with E-state index in [9.17, 15) is 0 Å². The normalized spacial score (nSPS) is 21.9. The lowest BCUT2D eigenvalue weighted by molar-refractivity contribution is 0.239. The summed E-state index contributed by atoms with van der Waals surface area (Å²) in [4.78, 5) is 0. The molecule has 1 N–H and O–H groups in total. The van der Waals surface area contributed by atoms with Gasteiger partial charge in [0.05, 0.1) is 0 Å². The molecule has 0 bridgehead atoms. The highest BCUT2D eigenvalue weighted by Gasteiger charge is 2.12. The van der Waals surface area contributed by atoms with Gasteiger partial charge in [0.25, 0.3) is 0 Å². The van der Waals surface area contributed by atoms with Crippen LogP contribution in [0.2, 0.25) is 0 Å². The molecule has 1 atom stereocenters. The van der Waals surface area contributed by atoms with E-state index in [2.05, 4.69) is 5.32 Å². The molecule has 0 saturated carbocycles. The number of piperidine rings is 1. The zero-order valence-electron chi connectivity index (χ0n) is 8.41. The van der Waals surface area contributed by atoms with Crippen LogP contribution in [0.15, 0.2) is 30.3 Å². The molecule has 14 heavy (non-hydrogen) atoms. The minimum Gasteiger partial charge on any atom is -0.492 e. The maximum absolute atomic E-state index is 5.68. The van der Waals surface area contributed by atoms with Gasteiger partial charge in [0.1, 0.15) is 12.4 Å². The van der Waals surface area contributed by atoms with E-state index in [1.165, 1.54) is 19.3 Å². The lowest BCUT2D eigenvalue weighted by atomic mass is 10.1. The van der Waals surface area contributed by atoms with Crippen molar-refractivity contribution in [2.24, 2.45) is 0 Å². The van der Waals surface area contributed by atoms with Crippen molar-refractivity contribution in [3.8, 4) is 5.75 Å². The van der Waals surface area contributed by atoms with E-state index in [-0.39, 0.29) is 0 Å². The molecule has 76 valence electrons. The van der Waals surface area contributed by atoms with Gasteiger partial charge in [0.15, 0.2) is 0 Å². The molecule has 2 rings (SSSR count). The van der Waals surface area contributed by atoms with Crippen molar-refractivity contribution < 1.29 is 4.74 Å². The van der Waals surface area contributed by atoms with E-state index >= 15 is 0 Å². The molecule has 0 aliphatic carbocycles. The Morgan fingerprint density at radius 3 is 2.79 bits per heavy atom. The van der Waals surface area contributed by atoms with Gasteiger partial charge in [-0.3, -0.25) is 0 Å². The largest absolute Gasteiger partial charge is 0.492 e. The first-order valence-corrected chi connectivity index (χ1v) is 5.36. The van der Waals surface area contributed by atoms with E-state index < -0.39 is 0 Å². The Labute approximate surface area is 85.3 Å². The molecule has 0 spiro atoms. The summed E-state index contributed by atoms with van der Waals surface area (Å²) in [5.41, 5.74) is 0. The number of hydrogen-bond acceptors (Lipinski definition) is 2. The van der Waals surface area contributed by atoms with Gasteiger partial charge in [0, 0.05) is 6.04 Å². The predicted molar refractivity (Wildman–Crippen MR) is 57.6 cm³/mol. The SMILES string of the molecule is c1ccc(OC[C@@H]2CCCCN2)cc1. The molecule has 2 heteroatoms. The molecule has 1 fully saturated rings. The van der Waals surface area contributed by atoms with Crippen LogP contribution in [0.1, 0.15) is 19.3 Å². The first kappa shape index (κ1) is 9.53. The summed E-state index contributed by atoms with van der Waals surface area (Å²) in [7, 11) is 0. The Kier molecular flexibility index (Phi) is 3.41. The van der Waals surface area contributed by atoms with Crippen LogP contribution in [0.3, 0.4) is 0 Å². The summed E-state index contributed by atoms with van der Waals surface area (Å²) in [5.74, 6) is 0.972. The maximum Gasteiger partial charge on any atom is 0.119 e. The van der Waals surface area contributed by atoms with Crippen molar-refractivity contribution in [2.45, 2.75) is 25.3 Å². The maximum atomic E-state index is 5.68. The molecule has 0 radical (unpaired) electrons. The van der Waals surface area contributed by atoms with Crippen molar-refractivity contribution in [1.82, 2.24) is 5.32 Å². The fourth-order valence-corrected chi connectivity index (χ4v) is 1.78. The minimum atomic E-state index is 0.545. The highest BCUT2D eigenvalue weighted by atomic mass is 16.5. The average Bonchev–Trinajstić information content (AvgIpc) is 2.29. The number of nitrogens with one attached hydrogen (secondary N) is 1. The van der Waals surface area contributed by atoms with Crippen LogP contribution in [-0.4, -0.2) is 19.2 Å². The third kappa shape index (κ3) is 2.74. The van der Waals surface area contributed by atoms with Gasteiger partial charge in [-0.05, 0) is 31.5 Å². The lowest BCUT2D eigenvalue weighted by Crippen LogP contribution is -2.38. The second-order valence-corrected chi connectivity index (χ2v) is 3.77. The quantitative estimate of drug-likeness (QED) is 0.791. The zero-order valence-corrected chi connectivity index (χ0v) is 8.41. The Balaban J connectivity index is 1.76. The van der Waals surface area contributed by atoms with Crippen molar-refractivity contribution in [3.63, 3.8) is 0 Å². The number of hydrogen-bond donors (Lipinski definition) is 1. The van der Waals surface area contributed by atoms with E-state index in [1.807, 2.05) is 30.3 Å². The molecule has 0 amide bonds. The molecule has 1 aromatic rings. The van der Waals surface area contributed by atoms with Crippen molar-refractivity contribution in [2.75, 3.05) is 13.2 Å². The monoisotopic (exact) mass is 191 g/mol. The van der Waals surface area contributed by atoms with E-state index in [4.69, 9.17) is 4.74 Å². The first-order chi connectivity index (χ1) is 6.95. The smallest absolute Gasteiger partial charge is 0.119 e. The van der Waals surface area contributed by atoms with Crippen molar-refractivity contribution >= 4 is 0 Å². The summed E-state index contributed by atoms with van der Waals surface area (Å²) in [5, 5.41) is 3.46. The fraction of sp³-hybridized carbons (Fsp3) is 0.500. The second-order valence-electron chi connectivity index (χ2n) is 3.77. The number of benzene rings is 1. The summed E-state index contributed by atoms with van der Waals surface area (Å²) in [6.07, 6.45) is 3.88. The summed E-state index contributed by atoms with van der Waals surface area (Å²) >= 11 is 0. The van der Waals surface area contributed by atoms with E-state index in [1.54, 1.807) is 0 Å². The predicted octanol–water partition coefficient (Wildman–Crippen LogP) is 2.21. The van der Waals surface area contributed by atoms with E-state index in [0.717, 1.165) is 18.9 Å². The van der Waals surface area contributed by atoms with Gasteiger partial charge in [-0.15, -0.1) is 0 Å². The zero-order chi connectivity index (χ0) is 9.64. The molecule has 0 aromatic heterocycles. The Hall–Kier alpha value is -1.02. The molecule has 1 heterocycles. The van der Waals surface area contributed by atoms with Crippen LogP contribution in [0.4, 0.5) is 0 Å². The molecular weight excluding hydrogens is 174 g/mol. The van der Waals surface area contributed by atoms with Crippen LogP contribution in [-0.2, 0) is 0 Å². The van der Waals surface area contributed by atoms with Crippen LogP contribution in [0.5, 0.6) is 5.75 Å². The fourth-order valence-electron chi connectivity index (χ4n) is 1.78. The molecular formula is C12H17NO. The third-order valence-corrected chi connectivity index (χ3v) is 2.61. The van der Waals surface area contributed by atoms with Gasteiger partial charge in [0.2, 0.25) is 0 Å². The number of para-hydroxylation sites is 1. The highest BCUT2D eigenvalue weighted by Crippen LogP contribution is 2.11. The topological polar surface area (TPSA) is 21.3 Å². The van der Waals surface area contributed by atoms with E-state index in [0.29, 0.717) is 6.04 Å². The van der Waals surface area contributed by atoms with Crippen LogP contribution in [0, 0.1) is 0 Å². The molecule has 1 aliphatic rings. The van der Waals surface area contributed by atoms with Crippen LogP contribution >= 0.6 is 0 Å². The van der Waals surface area contributed by atoms with Gasteiger partial charge >= 0.3 is 0 Å². The van der Waals surface area contributed by atoms with Gasteiger partial charge < -0.3 is 10.1 Å². The van der Waals surface area contributed by atoms with Gasteiger partial charge in [-0.1, -0.05) is 24.6 Å². The molecule has 0 unspecified atom stereocenters.